The number of hydrogen-bond acceptors (Lipinski definition) is 3. The molecule has 0 aliphatic heterocycles. The third-order valence-corrected chi connectivity index (χ3v) is 2.21. The van der Waals surface area contributed by atoms with E-state index < -0.39 is 6.10 Å². The van der Waals surface area contributed by atoms with E-state index in [2.05, 4.69) is 4.98 Å². The molecule has 0 radical (unpaired) electrons. The molecule has 0 aliphatic rings. The van der Waals surface area contributed by atoms with Crippen LogP contribution in [0.3, 0.4) is 0 Å². The Labute approximate surface area is 87.7 Å². The molecular weight excluding hydrogens is 190 g/mol. The van der Waals surface area contributed by atoms with Gasteiger partial charge in [-0.1, -0.05) is 18.2 Å². The lowest BCUT2D eigenvalue weighted by Crippen LogP contribution is -1.99. The van der Waals surface area contributed by atoms with E-state index in [0.717, 1.165) is 11.1 Å². The molecule has 0 bridgehead atoms. The predicted molar refractivity (Wildman–Crippen MR) is 56.4 cm³/mol. The third kappa shape index (κ3) is 2.14. The fourth-order valence-electron chi connectivity index (χ4n) is 1.39. The van der Waals surface area contributed by atoms with Gasteiger partial charge < -0.3 is 10.2 Å². The summed E-state index contributed by atoms with van der Waals surface area (Å²) in [5.74, 6) is 0.192. The molecule has 0 spiro atoms. The minimum absolute atomic E-state index is 0.192. The average molecular weight is 201 g/mol. The van der Waals surface area contributed by atoms with E-state index in [0.29, 0.717) is 0 Å². The molecular formula is C12H11NO2. The summed E-state index contributed by atoms with van der Waals surface area (Å²) in [6.45, 7) is 0. The van der Waals surface area contributed by atoms with Gasteiger partial charge in [0.15, 0.2) is 0 Å². The van der Waals surface area contributed by atoms with Gasteiger partial charge in [-0.2, -0.15) is 0 Å². The van der Waals surface area contributed by atoms with Crippen molar-refractivity contribution in [1.29, 1.82) is 0 Å². The van der Waals surface area contributed by atoms with Crippen molar-refractivity contribution in [3.05, 3.63) is 59.9 Å². The molecule has 1 unspecified atom stereocenters. The zero-order valence-corrected chi connectivity index (χ0v) is 8.04. The second kappa shape index (κ2) is 4.11. The predicted octanol–water partition coefficient (Wildman–Crippen LogP) is 1.87. The lowest BCUT2D eigenvalue weighted by atomic mass is 10.0. The van der Waals surface area contributed by atoms with E-state index in [4.69, 9.17) is 5.11 Å². The maximum Gasteiger partial charge on any atom is 0.115 e. The zero-order valence-electron chi connectivity index (χ0n) is 8.04. The van der Waals surface area contributed by atoms with Gasteiger partial charge in [-0.05, 0) is 23.8 Å². The molecule has 1 aromatic carbocycles. The first kappa shape index (κ1) is 9.68. The standard InChI is InChI=1S/C12H11NO2/c14-11-5-3-9(4-6-11)12(15)10-2-1-7-13-8-10/h1-8,12,14-15H. The van der Waals surface area contributed by atoms with Gasteiger partial charge in [0.2, 0.25) is 0 Å². The summed E-state index contributed by atoms with van der Waals surface area (Å²) >= 11 is 0. The molecule has 15 heavy (non-hydrogen) atoms. The number of aromatic hydroxyl groups is 1. The molecule has 3 heteroatoms. The van der Waals surface area contributed by atoms with Crippen LogP contribution in [0.25, 0.3) is 0 Å². The molecule has 0 fully saturated rings. The van der Waals surface area contributed by atoms with Crippen molar-refractivity contribution in [2.24, 2.45) is 0 Å². The van der Waals surface area contributed by atoms with Crippen LogP contribution in [0, 0.1) is 0 Å². The number of rotatable bonds is 2. The second-order valence-electron chi connectivity index (χ2n) is 3.28. The molecule has 1 atom stereocenters. The first-order valence-electron chi connectivity index (χ1n) is 4.64. The van der Waals surface area contributed by atoms with E-state index in [1.807, 2.05) is 6.07 Å². The summed E-state index contributed by atoms with van der Waals surface area (Å²) in [6.07, 6.45) is 2.59. The van der Waals surface area contributed by atoms with Gasteiger partial charge in [-0.15, -0.1) is 0 Å². The van der Waals surface area contributed by atoms with Crippen molar-refractivity contribution in [3.8, 4) is 5.75 Å². The van der Waals surface area contributed by atoms with Crippen LogP contribution in [0.15, 0.2) is 48.8 Å². The Bertz CT molecular complexity index is 425. The van der Waals surface area contributed by atoms with E-state index in [9.17, 15) is 5.11 Å². The van der Waals surface area contributed by atoms with Crippen molar-refractivity contribution in [2.45, 2.75) is 6.10 Å². The number of phenolic OH excluding ortho intramolecular Hbond substituents is 1. The Balaban J connectivity index is 2.29. The summed E-state index contributed by atoms with van der Waals surface area (Å²) in [6, 6.07) is 10.1. The average Bonchev–Trinajstić information content (AvgIpc) is 2.30. The highest BCUT2D eigenvalue weighted by Crippen LogP contribution is 2.22. The molecule has 0 aliphatic carbocycles. The summed E-state index contributed by atoms with van der Waals surface area (Å²) in [5, 5.41) is 19.1. The lowest BCUT2D eigenvalue weighted by molar-refractivity contribution is 0.220. The normalized spacial score (nSPS) is 12.3. The Morgan fingerprint density at radius 1 is 1.00 bits per heavy atom. The van der Waals surface area contributed by atoms with Crippen LogP contribution >= 0.6 is 0 Å². The highest BCUT2D eigenvalue weighted by Gasteiger charge is 2.09. The number of hydrogen-bond donors (Lipinski definition) is 2. The summed E-state index contributed by atoms with van der Waals surface area (Å²) in [5.41, 5.74) is 1.48. The van der Waals surface area contributed by atoms with Gasteiger partial charge in [0.1, 0.15) is 11.9 Å². The van der Waals surface area contributed by atoms with Crippen LogP contribution in [-0.2, 0) is 0 Å². The highest BCUT2D eigenvalue weighted by atomic mass is 16.3. The maximum absolute atomic E-state index is 9.96. The van der Waals surface area contributed by atoms with Gasteiger partial charge in [0.25, 0.3) is 0 Å². The largest absolute Gasteiger partial charge is 0.508 e. The molecule has 0 saturated carbocycles. The SMILES string of the molecule is Oc1ccc(C(O)c2cccnc2)cc1. The van der Waals surface area contributed by atoms with Crippen LogP contribution in [0.2, 0.25) is 0 Å². The Morgan fingerprint density at radius 2 is 1.73 bits per heavy atom. The van der Waals surface area contributed by atoms with E-state index in [1.54, 1.807) is 42.7 Å². The molecule has 1 heterocycles. The van der Waals surface area contributed by atoms with Gasteiger partial charge in [-0.3, -0.25) is 4.98 Å². The van der Waals surface area contributed by atoms with E-state index in [-0.39, 0.29) is 5.75 Å². The summed E-state index contributed by atoms with van der Waals surface area (Å²) in [7, 11) is 0. The van der Waals surface area contributed by atoms with E-state index >= 15 is 0 Å². The number of benzene rings is 1. The Morgan fingerprint density at radius 3 is 2.33 bits per heavy atom. The third-order valence-electron chi connectivity index (χ3n) is 2.21. The summed E-state index contributed by atoms with van der Waals surface area (Å²) in [4.78, 5) is 3.94. The van der Waals surface area contributed by atoms with Crippen LogP contribution in [0.4, 0.5) is 0 Å². The minimum Gasteiger partial charge on any atom is -0.508 e. The fraction of sp³-hybridized carbons (Fsp3) is 0.0833. The van der Waals surface area contributed by atoms with Crippen LogP contribution < -0.4 is 0 Å². The monoisotopic (exact) mass is 201 g/mol. The molecule has 2 N–H and O–H groups in total. The number of aliphatic hydroxyl groups excluding tert-OH is 1. The van der Waals surface area contributed by atoms with Crippen molar-refractivity contribution >= 4 is 0 Å². The quantitative estimate of drug-likeness (QED) is 0.779. The number of phenols is 1. The van der Waals surface area contributed by atoms with Gasteiger partial charge in [-0.25, -0.2) is 0 Å². The van der Waals surface area contributed by atoms with E-state index in [1.165, 1.54) is 0 Å². The van der Waals surface area contributed by atoms with Crippen LogP contribution in [0.1, 0.15) is 17.2 Å². The van der Waals surface area contributed by atoms with Crippen molar-refractivity contribution in [1.82, 2.24) is 4.98 Å². The molecule has 3 nitrogen and oxygen atoms in total. The Kier molecular flexibility index (Phi) is 2.65. The highest BCUT2D eigenvalue weighted by molar-refractivity contribution is 5.32. The van der Waals surface area contributed by atoms with Crippen LogP contribution in [0.5, 0.6) is 5.75 Å². The molecule has 0 saturated heterocycles. The summed E-state index contributed by atoms with van der Waals surface area (Å²) < 4.78 is 0. The molecule has 2 aromatic rings. The van der Waals surface area contributed by atoms with Gasteiger partial charge in [0.05, 0.1) is 0 Å². The van der Waals surface area contributed by atoms with Crippen molar-refractivity contribution in [3.63, 3.8) is 0 Å². The fourth-order valence-corrected chi connectivity index (χ4v) is 1.39. The van der Waals surface area contributed by atoms with Crippen molar-refractivity contribution < 1.29 is 10.2 Å². The number of aliphatic hydroxyl groups is 1. The smallest absolute Gasteiger partial charge is 0.115 e. The maximum atomic E-state index is 9.96. The lowest BCUT2D eigenvalue weighted by Gasteiger charge is -2.10. The van der Waals surface area contributed by atoms with Gasteiger partial charge in [0, 0.05) is 18.0 Å². The molecule has 1 aromatic heterocycles. The minimum atomic E-state index is -0.695. The molecule has 2 rings (SSSR count). The first-order chi connectivity index (χ1) is 7.27. The van der Waals surface area contributed by atoms with Gasteiger partial charge >= 0.3 is 0 Å². The first-order valence-corrected chi connectivity index (χ1v) is 4.64. The molecule has 76 valence electrons. The topological polar surface area (TPSA) is 53.4 Å². The number of nitrogens with zero attached hydrogens (tertiary/aromatic N) is 1. The Hall–Kier alpha value is -1.87. The van der Waals surface area contributed by atoms with Crippen LogP contribution in [-0.4, -0.2) is 15.2 Å². The van der Waals surface area contributed by atoms with Crippen molar-refractivity contribution in [2.75, 3.05) is 0 Å². The number of aromatic nitrogens is 1. The zero-order chi connectivity index (χ0) is 10.7. The molecule has 0 amide bonds. The second-order valence-corrected chi connectivity index (χ2v) is 3.28. The number of pyridine rings is 1.